The van der Waals surface area contributed by atoms with Crippen molar-refractivity contribution in [3.8, 4) is 0 Å². The van der Waals surface area contributed by atoms with Gasteiger partial charge in [-0.3, -0.25) is 0 Å². The van der Waals surface area contributed by atoms with E-state index in [0.717, 1.165) is 0 Å². The fourth-order valence-electron chi connectivity index (χ4n) is 0.808. The van der Waals surface area contributed by atoms with Crippen LogP contribution in [0.15, 0.2) is 0 Å². The smallest absolute Gasteiger partial charge is 0.393 e. The first-order chi connectivity index (χ1) is 6.70. The van der Waals surface area contributed by atoms with E-state index < -0.39 is 24.8 Å². The number of urea groups is 1. The summed E-state index contributed by atoms with van der Waals surface area (Å²) in [7, 11) is 0. The predicted octanol–water partition coefficient (Wildman–Crippen LogP) is 0.913. The Morgan fingerprint density at radius 1 is 1.53 bits per heavy atom. The lowest BCUT2D eigenvalue weighted by molar-refractivity contribution is -0.122. The van der Waals surface area contributed by atoms with Crippen LogP contribution in [0, 0.1) is 0 Å². The second kappa shape index (κ2) is 5.74. The van der Waals surface area contributed by atoms with Crippen LogP contribution < -0.4 is 16.4 Å². The number of carbonyl (C=O) groups is 1. The highest BCUT2D eigenvalue weighted by Crippen LogP contribution is 2.11. The lowest BCUT2D eigenvalue weighted by atomic mass is 10.2. The molecular weight excluding hydrogens is 231 g/mol. The molecule has 0 aliphatic heterocycles. The highest BCUT2D eigenvalue weighted by atomic mass is 32.1. The fraction of sp³-hybridized carbons (Fsp3) is 0.714. The minimum absolute atomic E-state index is 0.193. The first-order valence-electron chi connectivity index (χ1n) is 4.10. The molecule has 0 spiro atoms. The highest BCUT2D eigenvalue weighted by molar-refractivity contribution is 7.80. The van der Waals surface area contributed by atoms with Gasteiger partial charge in [-0.05, 0) is 6.92 Å². The van der Waals surface area contributed by atoms with Crippen LogP contribution in [0.1, 0.15) is 13.3 Å². The van der Waals surface area contributed by atoms with Gasteiger partial charge >= 0.3 is 12.2 Å². The summed E-state index contributed by atoms with van der Waals surface area (Å²) >= 11 is 4.57. The summed E-state index contributed by atoms with van der Waals surface area (Å²) in [5.74, 6) is 0. The second-order valence-electron chi connectivity index (χ2n) is 3.01. The van der Waals surface area contributed by atoms with Gasteiger partial charge in [0.05, 0.1) is 4.99 Å². The number of nitrogens with one attached hydrogen (secondary N) is 2. The van der Waals surface area contributed by atoms with Gasteiger partial charge in [-0.25, -0.2) is 4.79 Å². The summed E-state index contributed by atoms with van der Waals surface area (Å²) in [5, 5.41) is 3.93. The van der Waals surface area contributed by atoms with Crippen LogP contribution in [0.3, 0.4) is 0 Å². The van der Waals surface area contributed by atoms with Crippen molar-refractivity contribution in [3.05, 3.63) is 0 Å². The molecule has 0 saturated carbocycles. The van der Waals surface area contributed by atoms with E-state index in [1.165, 1.54) is 0 Å². The molecule has 4 N–H and O–H groups in total. The molecule has 0 aromatic carbocycles. The van der Waals surface area contributed by atoms with E-state index in [1.54, 1.807) is 12.2 Å². The zero-order valence-electron chi connectivity index (χ0n) is 8.02. The Bertz CT molecular complexity index is 244. The number of alkyl halides is 3. The largest absolute Gasteiger partial charge is 0.405 e. The molecule has 8 heteroatoms. The van der Waals surface area contributed by atoms with Crippen molar-refractivity contribution < 1.29 is 18.0 Å². The summed E-state index contributed by atoms with van der Waals surface area (Å²) in [6.45, 7) is 0.227. The van der Waals surface area contributed by atoms with Crippen molar-refractivity contribution in [2.75, 3.05) is 6.54 Å². The topological polar surface area (TPSA) is 67.1 Å². The first-order valence-corrected chi connectivity index (χ1v) is 4.51. The standard InChI is InChI=1S/C7H12F3N3OS/c1-4(2-5(11)15)13-6(14)12-3-7(8,9)10/h4H,2-3H2,1H3,(H2,11,15)(H2,12,13,14). The maximum absolute atomic E-state index is 11.7. The number of amides is 2. The molecule has 0 aliphatic carbocycles. The molecule has 4 nitrogen and oxygen atoms in total. The number of nitrogens with two attached hydrogens (primary N) is 1. The van der Waals surface area contributed by atoms with Crippen molar-refractivity contribution in [3.63, 3.8) is 0 Å². The van der Waals surface area contributed by atoms with Crippen molar-refractivity contribution in [2.45, 2.75) is 25.6 Å². The van der Waals surface area contributed by atoms with Gasteiger partial charge in [0.25, 0.3) is 0 Å². The molecule has 0 aromatic heterocycles. The van der Waals surface area contributed by atoms with Crippen LogP contribution >= 0.6 is 12.2 Å². The molecule has 1 unspecified atom stereocenters. The number of carbonyl (C=O) groups excluding carboxylic acids is 1. The predicted molar refractivity (Wildman–Crippen MR) is 53.5 cm³/mol. The Balaban J connectivity index is 3.79. The molecular formula is C7H12F3N3OS. The van der Waals surface area contributed by atoms with Crippen molar-refractivity contribution in [1.29, 1.82) is 0 Å². The summed E-state index contributed by atoms with van der Waals surface area (Å²) in [4.78, 5) is 11.1. The molecule has 1 atom stereocenters. The third-order valence-electron chi connectivity index (χ3n) is 1.33. The molecule has 0 aliphatic rings. The number of halogens is 3. The minimum atomic E-state index is -4.41. The fourth-order valence-corrected chi connectivity index (χ4v) is 1.06. The van der Waals surface area contributed by atoms with E-state index in [-0.39, 0.29) is 11.4 Å². The quantitative estimate of drug-likeness (QED) is 0.643. The van der Waals surface area contributed by atoms with Gasteiger partial charge in [0.15, 0.2) is 0 Å². The summed E-state index contributed by atoms with van der Waals surface area (Å²) in [5.41, 5.74) is 5.19. The Morgan fingerprint density at radius 2 is 2.07 bits per heavy atom. The molecule has 0 fully saturated rings. The summed E-state index contributed by atoms with van der Waals surface area (Å²) < 4.78 is 35.0. The van der Waals surface area contributed by atoms with Gasteiger partial charge in [-0.1, -0.05) is 12.2 Å². The van der Waals surface area contributed by atoms with Crippen molar-refractivity contribution >= 4 is 23.2 Å². The maximum Gasteiger partial charge on any atom is 0.405 e. The summed E-state index contributed by atoms with van der Waals surface area (Å²) in [6.07, 6.45) is -4.17. The zero-order chi connectivity index (χ0) is 12.1. The molecule has 15 heavy (non-hydrogen) atoms. The Hall–Kier alpha value is -1.05. The van der Waals surface area contributed by atoms with Gasteiger partial charge < -0.3 is 16.4 Å². The average Bonchev–Trinajstić information content (AvgIpc) is 1.97. The van der Waals surface area contributed by atoms with E-state index in [9.17, 15) is 18.0 Å². The van der Waals surface area contributed by atoms with Crippen LogP contribution in [0.2, 0.25) is 0 Å². The maximum atomic E-state index is 11.7. The Morgan fingerprint density at radius 3 is 2.47 bits per heavy atom. The number of thiocarbonyl (C=S) groups is 1. The molecule has 2 amide bonds. The molecule has 0 radical (unpaired) electrons. The number of hydrogen-bond donors (Lipinski definition) is 3. The first kappa shape index (κ1) is 13.9. The van der Waals surface area contributed by atoms with E-state index in [2.05, 4.69) is 17.5 Å². The monoisotopic (exact) mass is 243 g/mol. The highest BCUT2D eigenvalue weighted by Gasteiger charge is 2.27. The number of rotatable bonds is 4. The molecule has 0 rings (SSSR count). The molecule has 88 valence electrons. The Kier molecular flexibility index (Phi) is 5.34. The van der Waals surface area contributed by atoms with Crippen LogP contribution in [-0.2, 0) is 0 Å². The SMILES string of the molecule is CC(CC(N)=S)NC(=O)NCC(F)(F)F. The van der Waals surface area contributed by atoms with E-state index in [1.807, 2.05) is 0 Å². The van der Waals surface area contributed by atoms with Crippen LogP contribution in [0.25, 0.3) is 0 Å². The molecule has 0 saturated heterocycles. The van der Waals surface area contributed by atoms with Crippen molar-refractivity contribution in [2.24, 2.45) is 5.73 Å². The van der Waals surface area contributed by atoms with Crippen LogP contribution in [0.4, 0.5) is 18.0 Å². The second-order valence-corrected chi connectivity index (χ2v) is 3.54. The normalized spacial score (nSPS) is 13.1. The number of hydrogen-bond acceptors (Lipinski definition) is 2. The molecule has 0 aromatic rings. The van der Waals surface area contributed by atoms with Gasteiger partial charge in [0.1, 0.15) is 6.54 Å². The van der Waals surface area contributed by atoms with Gasteiger partial charge in [-0.2, -0.15) is 13.2 Å². The average molecular weight is 243 g/mol. The van der Waals surface area contributed by atoms with Gasteiger partial charge in [0, 0.05) is 12.5 Å². The van der Waals surface area contributed by atoms with Gasteiger partial charge in [-0.15, -0.1) is 0 Å². The molecule has 0 heterocycles. The van der Waals surface area contributed by atoms with E-state index in [4.69, 9.17) is 5.73 Å². The lowest BCUT2D eigenvalue weighted by Crippen LogP contribution is -2.45. The van der Waals surface area contributed by atoms with Crippen LogP contribution in [0.5, 0.6) is 0 Å². The third kappa shape index (κ3) is 9.26. The molecule has 0 bridgehead atoms. The zero-order valence-corrected chi connectivity index (χ0v) is 8.84. The van der Waals surface area contributed by atoms with E-state index in [0.29, 0.717) is 0 Å². The third-order valence-corrected chi connectivity index (χ3v) is 1.50. The van der Waals surface area contributed by atoms with Crippen molar-refractivity contribution in [1.82, 2.24) is 10.6 Å². The van der Waals surface area contributed by atoms with Gasteiger partial charge in [0.2, 0.25) is 0 Å². The Labute approximate surface area is 90.4 Å². The lowest BCUT2D eigenvalue weighted by Gasteiger charge is -2.14. The van der Waals surface area contributed by atoms with Crippen LogP contribution in [-0.4, -0.2) is 29.8 Å². The summed E-state index contributed by atoms with van der Waals surface area (Å²) in [6, 6.07) is -1.29. The minimum Gasteiger partial charge on any atom is -0.393 e. The van der Waals surface area contributed by atoms with E-state index >= 15 is 0 Å².